The van der Waals surface area contributed by atoms with Gasteiger partial charge < -0.3 is 30.2 Å². The first-order valence-electron chi connectivity index (χ1n) is 12.1. The van der Waals surface area contributed by atoms with E-state index in [0.717, 1.165) is 0 Å². The minimum atomic E-state index is -4.26. The first-order valence-corrected chi connectivity index (χ1v) is 13.7. The molecule has 0 unspecified atom stereocenters. The summed E-state index contributed by atoms with van der Waals surface area (Å²) in [5.41, 5.74) is 6.28. The maximum absolute atomic E-state index is 15.3. The molecule has 0 bridgehead atoms. The van der Waals surface area contributed by atoms with Crippen LogP contribution >= 0.6 is 7.75 Å². The number of ether oxygens (including phenoxy) is 2. The number of para-hydroxylation sites is 1. The van der Waals surface area contributed by atoms with E-state index in [-0.39, 0.29) is 17.3 Å². The van der Waals surface area contributed by atoms with Gasteiger partial charge in [0.1, 0.15) is 24.0 Å². The fourth-order valence-corrected chi connectivity index (χ4v) is 5.37. The third-order valence-corrected chi connectivity index (χ3v) is 7.32. The first-order chi connectivity index (χ1) is 18.5. The molecule has 1 fully saturated rings. The van der Waals surface area contributed by atoms with Crippen LogP contribution in [0.25, 0.3) is 11.2 Å². The van der Waals surface area contributed by atoms with Crippen molar-refractivity contribution in [2.75, 3.05) is 24.7 Å². The molecule has 212 valence electrons. The lowest BCUT2D eigenvalue weighted by Gasteiger charge is -2.25. The van der Waals surface area contributed by atoms with Crippen molar-refractivity contribution in [1.29, 1.82) is 0 Å². The Morgan fingerprint density at radius 2 is 2.00 bits per heavy atom. The van der Waals surface area contributed by atoms with Gasteiger partial charge in [-0.2, -0.15) is 15.1 Å². The summed E-state index contributed by atoms with van der Waals surface area (Å²) in [6.45, 7) is 4.23. The monoisotopic (exact) mass is 567 g/mol. The fourth-order valence-electron chi connectivity index (χ4n) is 3.87. The average Bonchev–Trinajstić information content (AvgIpc) is 3.42. The molecule has 3 aromatic rings. The summed E-state index contributed by atoms with van der Waals surface area (Å²) < 4.78 is 52.3. The number of carbonyl (C=O) groups excluding carboxylic acids is 1. The maximum Gasteiger partial charge on any atom is 0.459 e. The second-order valence-electron chi connectivity index (χ2n) is 9.04. The smallest absolute Gasteiger partial charge is 0.459 e. The third kappa shape index (κ3) is 6.45. The number of benzene rings is 1. The number of rotatable bonds is 11. The predicted molar refractivity (Wildman–Crippen MR) is 139 cm³/mol. The molecule has 1 aliphatic heterocycles. The van der Waals surface area contributed by atoms with E-state index in [2.05, 4.69) is 25.4 Å². The number of alkyl halides is 1. The number of nitrogen functional groups attached to an aromatic ring is 1. The molecule has 4 rings (SSSR count). The van der Waals surface area contributed by atoms with Crippen molar-refractivity contribution in [2.45, 2.75) is 57.5 Å². The number of halogens is 1. The van der Waals surface area contributed by atoms with Crippen molar-refractivity contribution < 1.29 is 37.4 Å². The van der Waals surface area contributed by atoms with Crippen LogP contribution in [-0.4, -0.2) is 74.8 Å². The fraction of sp³-hybridized carbons (Fsp3) is 0.478. The van der Waals surface area contributed by atoms with E-state index in [0.29, 0.717) is 11.3 Å². The highest BCUT2D eigenvalue weighted by Crippen LogP contribution is 2.46. The van der Waals surface area contributed by atoms with Gasteiger partial charge in [-0.15, -0.1) is 0 Å². The van der Waals surface area contributed by atoms with Crippen molar-refractivity contribution in [3.8, 4) is 5.75 Å². The van der Waals surface area contributed by atoms with Gasteiger partial charge in [0.05, 0.1) is 19.0 Å². The van der Waals surface area contributed by atoms with Gasteiger partial charge >= 0.3 is 13.7 Å². The number of aliphatic hydroxyl groups excluding tert-OH is 1. The zero-order valence-electron chi connectivity index (χ0n) is 21.7. The summed E-state index contributed by atoms with van der Waals surface area (Å²) in [5.74, 6) is -0.229. The van der Waals surface area contributed by atoms with Crippen LogP contribution in [0, 0.1) is 0 Å². The van der Waals surface area contributed by atoms with Crippen molar-refractivity contribution in [3.05, 3.63) is 36.7 Å². The number of hydrogen-bond acceptors (Lipinski definition) is 12. The number of imidazole rings is 1. The Bertz CT molecular complexity index is 1350. The van der Waals surface area contributed by atoms with Gasteiger partial charge in [0.15, 0.2) is 29.4 Å². The number of anilines is 2. The van der Waals surface area contributed by atoms with Crippen LogP contribution in [0.15, 0.2) is 36.7 Å². The molecule has 39 heavy (non-hydrogen) atoms. The minimum Gasteiger partial charge on any atom is -0.462 e. The highest BCUT2D eigenvalue weighted by molar-refractivity contribution is 7.52. The molecule has 14 nitrogen and oxygen atoms in total. The first kappa shape index (κ1) is 28.6. The lowest BCUT2D eigenvalue weighted by Crippen LogP contribution is -2.37. The molecule has 1 saturated heterocycles. The van der Waals surface area contributed by atoms with E-state index >= 15 is 4.39 Å². The quantitative estimate of drug-likeness (QED) is 0.195. The number of fused-ring (bicyclic) bond motifs is 1. The van der Waals surface area contributed by atoms with E-state index in [1.54, 1.807) is 51.2 Å². The second kappa shape index (κ2) is 11.8. The zero-order chi connectivity index (χ0) is 28.3. The Balaban J connectivity index is 1.52. The molecule has 16 heteroatoms. The standard InChI is InChI=1S/C23H31FN7O7P/c1-12(2)36-22(33)13(3)30-39(34,38-14-8-6-5-7-9-14)35-10-15-18(32)16(24)21(37-15)31-11-27-17-19(26-4)28-23(25)29-20(17)31/h5-9,11-13,15-16,18,21,32H,10H2,1-4H3,(H,30,34)(H3,25,26,28,29)/t13-,15-,16+,18-,21-,39-/m1/s1. The predicted octanol–water partition coefficient (Wildman–Crippen LogP) is 2.18. The summed E-state index contributed by atoms with van der Waals surface area (Å²) in [4.78, 5) is 24.7. The maximum atomic E-state index is 15.3. The Morgan fingerprint density at radius 1 is 1.28 bits per heavy atom. The number of nitrogens with zero attached hydrogens (tertiary/aromatic N) is 4. The van der Waals surface area contributed by atoms with Crippen molar-refractivity contribution in [2.24, 2.45) is 0 Å². The third-order valence-electron chi connectivity index (χ3n) is 5.68. The van der Waals surface area contributed by atoms with Gasteiger partial charge in [0, 0.05) is 7.05 Å². The van der Waals surface area contributed by atoms with Gasteiger partial charge in [0.25, 0.3) is 0 Å². The Hall–Kier alpha value is -3.36. The van der Waals surface area contributed by atoms with E-state index in [1.807, 2.05) is 0 Å². The molecular weight excluding hydrogens is 536 g/mol. The number of esters is 1. The molecule has 0 spiro atoms. The number of aliphatic hydroxyl groups is 1. The highest BCUT2D eigenvalue weighted by atomic mass is 31.2. The Morgan fingerprint density at radius 3 is 2.67 bits per heavy atom. The summed E-state index contributed by atoms with van der Waals surface area (Å²) in [5, 5.41) is 16.0. The zero-order valence-corrected chi connectivity index (χ0v) is 22.6. The van der Waals surface area contributed by atoms with Crippen molar-refractivity contribution in [3.63, 3.8) is 0 Å². The van der Waals surface area contributed by atoms with Crippen LogP contribution in [0.1, 0.15) is 27.0 Å². The molecule has 6 atom stereocenters. The van der Waals surface area contributed by atoms with Crippen LogP contribution in [0.2, 0.25) is 0 Å². The molecule has 0 aliphatic carbocycles. The van der Waals surface area contributed by atoms with Crippen molar-refractivity contribution in [1.82, 2.24) is 24.6 Å². The molecule has 1 aliphatic rings. The topological polar surface area (TPSA) is 185 Å². The lowest BCUT2D eigenvalue weighted by molar-refractivity contribution is -0.149. The second-order valence-corrected chi connectivity index (χ2v) is 10.7. The molecular formula is C23H31FN7O7P. The Labute approximate surface area is 223 Å². The number of hydrogen-bond donors (Lipinski definition) is 4. The minimum absolute atomic E-state index is 0.0716. The Kier molecular flexibility index (Phi) is 8.67. The molecule has 0 radical (unpaired) electrons. The van der Waals surface area contributed by atoms with Crippen LogP contribution in [0.3, 0.4) is 0 Å². The summed E-state index contributed by atoms with van der Waals surface area (Å²) in [6, 6.07) is 7.05. The van der Waals surface area contributed by atoms with Gasteiger partial charge in [-0.3, -0.25) is 13.9 Å². The van der Waals surface area contributed by atoms with E-state index in [4.69, 9.17) is 24.3 Å². The number of aromatic nitrogens is 4. The number of carbonyl (C=O) groups is 1. The van der Waals surface area contributed by atoms with Crippen LogP contribution in [0.4, 0.5) is 16.2 Å². The summed E-state index contributed by atoms with van der Waals surface area (Å²) >= 11 is 0. The lowest BCUT2D eigenvalue weighted by atomic mass is 10.1. The summed E-state index contributed by atoms with van der Waals surface area (Å²) in [7, 11) is -2.64. The van der Waals surface area contributed by atoms with E-state index in [9.17, 15) is 14.5 Å². The molecule has 3 heterocycles. The number of nitrogens with two attached hydrogens (primary N) is 1. The normalized spacial score (nSPS) is 23.5. The van der Waals surface area contributed by atoms with Crippen LogP contribution in [-0.2, 0) is 23.4 Å². The highest BCUT2D eigenvalue weighted by Gasteiger charge is 2.47. The van der Waals surface area contributed by atoms with E-state index < -0.39 is 57.1 Å². The number of nitrogens with one attached hydrogen (secondary N) is 2. The van der Waals surface area contributed by atoms with Gasteiger partial charge in [0.2, 0.25) is 5.95 Å². The molecule has 1 aromatic carbocycles. The van der Waals surface area contributed by atoms with E-state index in [1.165, 1.54) is 17.8 Å². The van der Waals surface area contributed by atoms with Gasteiger partial charge in [-0.05, 0) is 32.9 Å². The molecule has 0 saturated carbocycles. The van der Waals surface area contributed by atoms with Gasteiger partial charge in [-0.25, -0.2) is 13.9 Å². The molecule has 0 amide bonds. The SMILES string of the molecule is CNc1nc(N)nc2c1ncn2[C@@H]1O[C@H](CO[P@](=O)(N[C@H](C)C(=O)OC(C)C)Oc2ccccc2)[C@@H](O)[C@@H]1F. The summed E-state index contributed by atoms with van der Waals surface area (Å²) in [6.07, 6.45) is -5.31. The van der Waals surface area contributed by atoms with Crippen molar-refractivity contribution >= 4 is 36.6 Å². The average molecular weight is 568 g/mol. The molecule has 5 N–H and O–H groups in total. The van der Waals surface area contributed by atoms with Crippen LogP contribution in [0.5, 0.6) is 5.75 Å². The van der Waals surface area contributed by atoms with Crippen LogP contribution < -0.4 is 20.7 Å². The largest absolute Gasteiger partial charge is 0.462 e. The van der Waals surface area contributed by atoms with Gasteiger partial charge in [-0.1, -0.05) is 18.2 Å². The molecule has 2 aromatic heterocycles.